The Labute approximate surface area is 238 Å². The zero-order valence-corrected chi connectivity index (χ0v) is 24.2. The Morgan fingerprint density at radius 2 is 1.88 bits per heavy atom. The van der Waals surface area contributed by atoms with Gasteiger partial charge in [-0.05, 0) is 62.5 Å². The molecule has 9 atom stereocenters. The molecule has 228 valence electrons. The highest BCUT2D eigenvalue weighted by Gasteiger charge is 2.78. The van der Waals surface area contributed by atoms with E-state index in [2.05, 4.69) is 0 Å². The molecule has 41 heavy (non-hydrogen) atoms. The maximum atomic E-state index is 17.5. The lowest BCUT2D eigenvalue weighted by atomic mass is 9.45. The van der Waals surface area contributed by atoms with Gasteiger partial charge in [0.05, 0.1) is 6.10 Å². The molecule has 1 unspecified atom stereocenters. The molecule has 0 aromatic heterocycles. The van der Waals surface area contributed by atoms with E-state index in [1.54, 1.807) is 13.8 Å². The van der Waals surface area contributed by atoms with Gasteiger partial charge in [-0.1, -0.05) is 39.7 Å². The van der Waals surface area contributed by atoms with E-state index >= 15 is 8.78 Å². The number of aliphatic hydroxyl groups excluding tert-OH is 1. The monoisotopic (exact) mass is 582 g/mol. The van der Waals surface area contributed by atoms with Crippen LogP contribution in [0.3, 0.4) is 0 Å². The van der Waals surface area contributed by atoms with Crippen LogP contribution in [0.25, 0.3) is 0 Å². The van der Waals surface area contributed by atoms with Gasteiger partial charge in [0.15, 0.2) is 11.5 Å². The van der Waals surface area contributed by atoms with Gasteiger partial charge in [0.1, 0.15) is 11.9 Å². The van der Waals surface area contributed by atoms with Crippen LogP contribution in [0.5, 0.6) is 0 Å². The second-order valence-electron chi connectivity index (χ2n) is 13.3. The second-order valence-corrected chi connectivity index (χ2v) is 13.3. The third kappa shape index (κ3) is 4.13. The number of aliphatic hydroxyl groups is 1. The summed E-state index contributed by atoms with van der Waals surface area (Å²) in [5, 5.41) is 11.6. The average molecular weight is 583 g/mol. The lowest BCUT2D eigenvalue weighted by molar-refractivity contribution is -0.231. The number of hydrogen-bond acceptors (Lipinski definition) is 7. The highest BCUT2D eigenvalue weighted by atomic mass is 19.1. The first-order chi connectivity index (χ1) is 19.3. The highest BCUT2D eigenvalue weighted by Crippen LogP contribution is 2.71. The Kier molecular flexibility index (Phi) is 7.65. The van der Waals surface area contributed by atoms with Crippen molar-refractivity contribution in [1.82, 2.24) is 0 Å². The SMILES string of the molecule is CCC(OC(=O)O[C@]1(C(=O)OCF)[C@H](C)C[C@H]2[C@@H]3CC(F)=C4CC(=O)C=C[C@]4(C)[C@@]3(F)[C@@H](O)C[C@@]21C)C1CCCC1. The van der Waals surface area contributed by atoms with E-state index in [4.69, 9.17) is 14.2 Å². The quantitative estimate of drug-likeness (QED) is 0.371. The van der Waals surface area contributed by atoms with Gasteiger partial charge in [-0.3, -0.25) is 4.79 Å². The van der Waals surface area contributed by atoms with E-state index in [1.807, 2.05) is 6.92 Å². The first kappa shape index (κ1) is 30.1. The van der Waals surface area contributed by atoms with Crippen molar-refractivity contribution >= 4 is 17.9 Å². The summed E-state index contributed by atoms with van der Waals surface area (Å²) in [4.78, 5) is 39.1. The van der Waals surface area contributed by atoms with Crippen LogP contribution in [0, 0.1) is 34.5 Å². The number of esters is 1. The number of halogens is 3. The minimum Gasteiger partial charge on any atom is -0.431 e. The zero-order chi connectivity index (χ0) is 30.0. The van der Waals surface area contributed by atoms with Crippen LogP contribution in [-0.4, -0.2) is 53.4 Å². The number of allylic oxidation sites excluding steroid dienone is 4. The molecule has 1 N–H and O–H groups in total. The average Bonchev–Trinajstić information content (AvgIpc) is 3.52. The summed E-state index contributed by atoms with van der Waals surface area (Å²) in [5.41, 5.74) is -7.46. The van der Waals surface area contributed by atoms with Gasteiger partial charge >= 0.3 is 12.1 Å². The van der Waals surface area contributed by atoms with Crippen molar-refractivity contribution in [2.75, 3.05) is 6.86 Å². The standard InChI is InChI=1S/C31H41F3O7/c1-5-24(18-8-6-7-9-18)40-27(38)41-31(26(37)39-16-32)17(2)12-20-21-14-23(33)22-13-19(35)10-11-28(22,3)30(21,34)25(36)15-29(20,31)4/h10-11,17-18,20-21,24-25,36H,5-9,12-16H2,1-4H3/t17-,20+,21+,24?,25+,28+,29+,30+,31+/m1/s1. The highest BCUT2D eigenvalue weighted by molar-refractivity contribution is 5.93. The van der Waals surface area contributed by atoms with Crippen LogP contribution in [0.1, 0.15) is 85.5 Å². The van der Waals surface area contributed by atoms with E-state index in [0.29, 0.717) is 6.42 Å². The van der Waals surface area contributed by atoms with E-state index in [-0.39, 0.29) is 43.0 Å². The van der Waals surface area contributed by atoms with Crippen LogP contribution >= 0.6 is 0 Å². The lowest BCUT2D eigenvalue weighted by Gasteiger charge is -2.62. The number of ketones is 1. The van der Waals surface area contributed by atoms with Crippen LogP contribution in [-0.2, 0) is 23.8 Å². The van der Waals surface area contributed by atoms with Crippen molar-refractivity contribution in [3.8, 4) is 0 Å². The van der Waals surface area contributed by atoms with E-state index in [0.717, 1.165) is 25.7 Å². The number of rotatable bonds is 6. The summed E-state index contributed by atoms with van der Waals surface area (Å²) in [5.74, 6) is -4.58. The summed E-state index contributed by atoms with van der Waals surface area (Å²) in [6.07, 6.45) is 2.89. The zero-order valence-electron chi connectivity index (χ0n) is 24.2. The molecule has 0 bridgehead atoms. The Morgan fingerprint density at radius 1 is 1.20 bits per heavy atom. The topological polar surface area (TPSA) is 99.1 Å². The number of hydrogen-bond donors (Lipinski definition) is 1. The van der Waals surface area contributed by atoms with Crippen LogP contribution in [0.4, 0.5) is 18.0 Å². The summed E-state index contributed by atoms with van der Waals surface area (Å²) in [6.45, 7) is 5.16. The van der Waals surface area contributed by atoms with Crippen LogP contribution < -0.4 is 0 Å². The molecule has 5 aliphatic carbocycles. The maximum absolute atomic E-state index is 17.5. The Morgan fingerprint density at radius 3 is 2.51 bits per heavy atom. The maximum Gasteiger partial charge on any atom is 0.509 e. The third-order valence-corrected chi connectivity index (χ3v) is 11.5. The van der Waals surface area contributed by atoms with Crippen molar-refractivity contribution in [3.63, 3.8) is 0 Å². The summed E-state index contributed by atoms with van der Waals surface area (Å²) in [6, 6.07) is 0. The minimum absolute atomic E-state index is 0.0258. The summed E-state index contributed by atoms with van der Waals surface area (Å²) in [7, 11) is 0. The molecule has 0 radical (unpaired) electrons. The van der Waals surface area contributed by atoms with Gasteiger partial charge in [-0.15, -0.1) is 0 Å². The first-order valence-electron chi connectivity index (χ1n) is 14.9. The van der Waals surface area contributed by atoms with E-state index in [9.17, 15) is 23.9 Å². The van der Waals surface area contributed by atoms with Crippen molar-refractivity contribution in [2.45, 2.75) is 109 Å². The summed E-state index contributed by atoms with van der Waals surface area (Å²) >= 11 is 0. The van der Waals surface area contributed by atoms with Crippen molar-refractivity contribution in [3.05, 3.63) is 23.6 Å². The van der Waals surface area contributed by atoms with Gasteiger partial charge in [-0.25, -0.2) is 22.8 Å². The fourth-order valence-electron chi connectivity index (χ4n) is 9.47. The molecule has 0 saturated heterocycles. The lowest BCUT2D eigenvalue weighted by Crippen LogP contribution is -2.70. The molecule has 0 heterocycles. The number of alkyl halides is 2. The van der Waals surface area contributed by atoms with Gasteiger partial charge in [0.2, 0.25) is 12.5 Å². The van der Waals surface area contributed by atoms with Crippen LogP contribution in [0.2, 0.25) is 0 Å². The third-order valence-electron chi connectivity index (χ3n) is 11.5. The second kappa shape index (κ2) is 10.4. The fourth-order valence-corrected chi connectivity index (χ4v) is 9.47. The van der Waals surface area contributed by atoms with Gasteiger partial charge < -0.3 is 19.3 Å². The van der Waals surface area contributed by atoms with E-state index < -0.39 is 76.9 Å². The normalized spacial score (nSPS) is 42.8. The molecule has 5 rings (SSSR count). The largest absolute Gasteiger partial charge is 0.509 e. The molecule has 5 aliphatic rings. The van der Waals surface area contributed by atoms with Gasteiger partial charge in [0.25, 0.3) is 0 Å². The molecule has 0 aromatic rings. The Bertz CT molecular complexity index is 1160. The molecule has 0 aromatic carbocycles. The molecule has 3 saturated carbocycles. The number of ether oxygens (including phenoxy) is 3. The molecule has 0 aliphatic heterocycles. The van der Waals surface area contributed by atoms with E-state index in [1.165, 1.54) is 19.1 Å². The smallest absolute Gasteiger partial charge is 0.431 e. The molecular weight excluding hydrogens is 541 g/mol. The molecule has 0 spiro atoms. The van der Waals surface area contributed by atoms with Crippen molar-refractivity contribution in [1.29, 1.82) is 0 Å². The van der Waals surface area contributed by atoms with Crippen LogP contribution in [0.15, 0.2) is 23.6 Å². The molecule has 7 nitrogen and oxygen atoms in total. The molecule has 3 fully saturated rings. The Balaban J connectivity index is 1.55. The minimum atomic E-state index is -2.37. The Hall–Kier alpha value is -2.36. The molecular formula is C31H41F3O7. The fraction of sp³-hybridized carbons (Fsp3) is 0.774. The van der Waals surface area contributed by atoms with Crippen molar-refractivity contribution < 1.29 is 46.9 Å². The van der Waals surface area contributed by atoms with Gasteiger partial charge in [-0.2, -0.15) is 0 Å². The number of fused-ring (bicyclic) bond motifs is 5. The molecule has 0 amide bonds. The first-order valence-corrected chi connectivity index (χ1v) is 14.9. The predicted octanol–water partition coefficient (Wildman–Crippen LogP) is 6.23. The summed E-state index contributed by atoms with van der Waals surface area (Å²) < 4.78 is 63.1. The van der Waals surface area contributed by atoms with Crippen molar-refractivity contribution in [2.24, 2.45) is 34.5 Å². The molecule has 10 heteroatoms. The number of carbonyl (C=O) groups is 3. The van der Waals surface area contributed by atoms with Gasteiger partial charge in [0, 0.05) is 35.5 Å². The predicted molar refractivity (Wildman–Crippen MR) is 141 cm³/mol. The number of carbonyl (C=O) groups excluding carboxylic acids is 3.